The molecule has 3 N–H and O–H groups in total. The highest BCUT2D eigenvalue weighted by atomic mass is 16.2. The minimum absolute atomic E-state index is 0.217. The molecule has 0 bridgehead atoms. The molecule has 19 heavy (non-hydrogen) atoms. The van der Waals surface area contributed by atoms with E-state index in [-0.39, 0.29) is 18.0 Å². The fourth-order valence-electron chi connectivity index (χ4n) is 2.44. The first-order valence-corrected chi connectivity index (χ1v) is 7.24. The second-order valence-electron chi connectivity index (χ2n) is 5.36. The Labute approximate surface area is 114 Å². The van der Waals surface area contributed by atoms with Crippen LogP contribution in [0, 0.1) is 0 Å². The van der Waals surface area contributed by atoms with Gasteiger partial charge in [0.05, 0.1) is 6.54 Å². The van der Waals surface area contributed by atoms with Crippen LogP contribution in [-0.4, -0.2) is 55.1 Å². The topological polar surface area (TPSA) is 73.5 Å². The second kappa shape index (κ2) is 6.86. The van der Waals surface area contributed by atoms with Crippen LogP contribution in [-0.2, 0) is 4.79 Å². The monoisotopic (exact) mass is 268 g/mol. The summed E-state index contributed by atoms with van der Waals surface area (Å²) >= 11 is 0. The Kier molecular flexibility index (Phi) is 5.15. The van der Waals surface area contributed by atoms with Crippen molar-refractivity contribution in [1.29, 1.82) is 0 Å². The Morgan fingerprint density at radius 3 is 2.68 bits per heavy atom. The fourth-order valence-corrected chi connectivity index (χ4v) is 2.44. The number of carbonyl (C=O) groups is 2. The van der Waals surface area contributed by atoms with Crippen LogP contribution in [0.4, 0.5) is 4.79 Å². The molecule has 1 saturated heterocycles. The number of urea groups is 1. The molecule has 1 aliphatic carbocycles. The highest BCUT2D eigenvalue weighted by Crippen LogP contribution is 2.18. The van der Waals surface area contributed by atoms with Crippen LogP contribution in [0.1, 0.15) is 32.6 Å². The predicted molar refractivity (Wildman–Crippen MR) is 72.8 cm³/mol. The summed E-state index contributed by atoms with van der Waals surface area (Å²) in [7, 11) is 0. The number of hydrogen-bond donors (Lipinski definition) is 3. The first kappa shape index (κ1) is 14.3. The molecule has 2 rings (SSSR count). The van der Waals surface area contributed by atoms with Gasteiger partial charge < -0.3 is 10.6 Å². The smallest absolute Gasteiger partial charge is 0.321 e. The van der Waals surface area contributed by atoms with Gasteiger partial charge in [0, 0.05) is 18.6 Å². The molecule has 1 heterocycles. The molecular weight excluding hydrogens is 244 g/mol. The van der Waals surface area contributed by atoms with Crippen LogP contribution in [0.15, 0.2) is 0 Å². The van der Waals surface area contributed by atoms with E-state index in [2.05, 4.69) is 20.9 Å². The van der Waals surface area contributed by atoms with Gasteiger partial charge in [-0.15, -0.1) is 0 Å². The summed E-state index contributed by atoms with van der Waals surface area (Å²) in [4.78, 5) is 25.4. The van der Waals surface area contributed by atoms with Gasteiger partial charge >= 0.3 is 6.03 Å². The maximum absolute atomic E-state index is 11.8. The molecule has 0 aromatic rings. The summed E-state index contributed by atoms with van der Waals surface area (Å²) in [5, 5.41) is 8.50. The molecule has 6 heteroatoms. The van der Waals surface area contributed by atoms with Gasteiger partial charge in [-0.05, 0) is 38.8 Å². The molecule has 0 aromatic carbocycles. The number of nitrogens with one attached hydrogen (secondary N) is 3. The number of piperidine rings is 1. The first-order chi connectivity index (χ1) is 9.19. The Morgan fingerprint density at radius 1 is 1.32 bits per heavy atom. The van der Waals surface area contributed by atoms with E-state index in [1.807, 2.05) is 6.92 Å². The van der Waals surface area contributed by atoms with E-state index in [0.29, 0.717) is 12.6 Å². The standard InChI is InChI=1S/C13H24N4O2/c1-2-17(11-4-3-7-14-8-11)9-12(18)16-13(19)15-10-5-6-10/h10-11,14H,2-9H2,1H3,(H2,15,16,18,19). The van der Waals surface area contributed by atoms with Crippen molar-refractivity contribution in [2.45, 2.75) is 44.7 Å². The number of likely N-dealkylation sites (N-methyl/N-ethyl adjacent to an activating group) is 1. The molecule has 108 valence electrons. The van der Waals surface area contributed by atoms with Crippen molar-refractivity contribution in [3.63, 3.8) is 0 Å². The third-order valence-corrected chi connectivity index (χ3v) is 3.71. The number of nitrogens with zero attached hydrogens (tertiary/aromatic N) is 1. The molecular formula is C13H24N4O2. The van der Waals surface area contributed by atoms with Gasteiger partial charge in [-0.25, -0.2) is 4.79 Å². The Bertz CT molecular complexity index is 325. The third-order valence-electron chi connectivity index (χ3n) is 3.71. The van der Waals surface area contributed by atoms with Gasteiger partial charge in [0.25, 0.3) is 0 Å². The van der Waals surface area contributed by atoms with Crippen LogP contribution in [0.2, 0.25) is 0 Å². The normalized spacial score (nSPS) is 23.2. The molecule has 1 aliphatic heterocycles. The molecule has 3 amide bonds. The molecule has 0 spiro atoms. The van der Waals surface area contributed by atoms with Gasteiger partial charge in [-0.2, -0.15) is 0 Å². The zero-order valence-electron chi connectivity index (χ0n) is 11.6. The molecule has 2 fully saturated rings. The summed E-state index contributed by atoms with van der Waals surface area (Å²) in [5.41, 5.74) is 0. The molecule has 1 unspecified atom stereocenters. The van der Waals surface area contributed by atoms with E-state index in [9.17, 15) is 9.59 Å². The number of amides is 3. The second-order valence-corrected chi connectivity index (χ2v) is 5.36. The zero-order valence-corrected chi connectivity index (χ0v) is 11.6. The summed E-state index contributed by atoms with van der Waals surface area (Å²) in [6.07, 6.45) is 4.31. The Morgan fingerprint density at radius 2 is 2.11 bits per heavy atom. The van der Waals surface area contributed by atoms with E-state index in [1.165, 1.54) is 0 Å². The molecule has 2 aliphatic rings. The lowest BCUT2D eigenvalue weighted by Crippen LogP contribution is -2.51. The largest absolute Gasteiger partial charge is 0.335 e. The highest BCUT2D eigenvalue weighted by Gasteiger charge is 2.25. The quantitative estimate of drug-likeness (QED) is 0.659. The molecule has 1 atom stereocenters. The van der Waals surface area contributed by atoms with Crippen LogP contribution >= 0.6 is 0 Å². The number of rotatable bonds is 5. The molecule has 0 aromatic heterocycles. The Hall–Kier alpha value is -1.14. The number of hydrogen-bond acceptors (Lipinski definition) is 4. The molecule has 6 nitrogen and oxygen atoms in total. The summed E-state index contributed by atoms with van der Waals surface area (Å²) in [5.74, 6) is -0.217. The van der Waals surface area contributed by atoms with Crippen molar-refractivity contribution in [1.82, 2.24) is 20.9 Å². The van der Waals surface area contributed by atoms with Crippen molar-refractivity contribution in [2.24, 2.45) is 0 Å². The lowest BCUT2D eigenvalue weighted by molar-refractivity contribution is -0.121. The number of imide groups is 1. The minimum atomic E-state index is -0.356. The van der Waals surface area contributed by atoms with Crippen molar-refractivity contribution in [3.8, 4) is 0 Å². The van der Waals surface area contributed by atoms with E-state index in [0.717, 1.165) is 45.3 Å². The van der Waals surface area contributed by atoms with E-state index in [4.69, 9.17) is 0 Å². The predicted octanol–water partition coefficient (Wildman–Crippen LogP) is 0.0485. The highest BCUT2D eigenvalue weighted by molar-refractivity contribution is 5.95. The summed E-state index contributed by atoms with van der Waals surface area (Å²) < 4.78 is 0. The van der Waals surface area contributed by atoms with E-state index in [1.54, 1.807) is 0 Å². The maximum Gasteiger partial charge on any atom is 0.321 e. The van der Waals surface area contributed by atoms with Gasteiger partial charge in [0.15, 0.2) is 0 Å². The minimum Gasteiger partial charge on any atom is -0.335 e. The fraction of sp³-hybridized carbons (Fsp3) is 0.846. The van der Waals surface area contributed by atoms with Gasteiger partial charge in [0.2, 0.25) is 5.91 Å². The van der Waals surface area contributed by atoms with Crippen LogP contribution in [0.25, 0.3) is 0 Å². The van der Waals surface area contributed by atoms with E-state index < -0.39 is 0 Å². The SMILES string of the molecule is CCN(CC(=O)NC(=O)NC1CC1)C1CCCNC1. The average molecular weight is 268 g/mol. The number of carbonyl (C=O) groups excluding carboxylic acids is 2. The summed E-state index contributed by atoms with van der Waals surface area (Å²) in [6.45, 7) is 5.15. The van der Waals surface area contributed by atoms with Gasteiger partial charge in [-0.1, -0.05) is 6.92 Å². The Balaban J connectivity index is 1.72. The lowest BCUT2D eigenvalue weighted by atomic mass is 10.1. The maximum atomic E-state index is 11.8. The van der Waals surface area contributed by atoms with E-state index >= 15 is 0 Å². The lowest BCUT2D eigenvalue weighted by Gasteiger charge is -2.33. The third kappa shape index (κ3) is 4.80. The van der Waals surface area contributed by atoms with Crippen molar-refractivity contribution < 1.29 is 9.59 Å². The van der Waals surface area contributed by atoms with Gasteiger partial charge in [0.1, 0.15) is 0 Å². The van der Waals surface area contributed by atoms with Crippen LogP contribution in [0.5, 0.6) is 0 Å². The first-order valence-electron chi connectivity index (χ1n) is 7.24. The van der Waals surface area contributed by atoms with Crippen molar-refractivity contribution >= 4 is 11.9 Å². The van der Waals surface area contributed by atoms with Crippen molar-refractivity contribution in [3.05, 3.63) is 0 Å². The van der Waals surface area contributed by atoms with Crippen LogP contribution < -0.4 is 16.0 Å². The summed E-state index contributed by atoms with van der Waals surface area (Å²) in [6, 6.07) is 0.318. The zero-order chi connectivity index (χ0) is 13.7. The van der Waals surface area contributed by atoms with Gasteiger partial charge in [-0.3, -0.25) is 15.0 Å². The molecule has 1 saturated carbocycles. The molecule has 0 radical (unpaired) electrons. The average Bonchev–Trinajstić information content (AvgIpc) is 3.20. The van der Waals surface area contributed by atoms with Crippen LogP contribution in [0.3, 0.4) is 0 Å². The van der Waals surface area contributed by atoms with Crippen molar-refractivity contribution in [2.75, 3.05) is 26.2 Å².